The molecule has 110 valence electrons. The van der Waals surface area contributed by atoms with Gasteiger partial charge in [0.15, 0.2) is 0 Å². The number of nitrogens with one attached hydrogen (secondary N) is 1. The Labute approximate surface area is 117 Å². The van der Waals surface area contributed by atoms with Crippen molar-refractivity contribution < 1.29 is 9.47 Å². The van der Waals surface area contributed by atoms with Gasteiger partial charge in [-0.25, -0.2) is 0 Å². The Kier molecular flexibility index (Phi) is 4.16. The SMILES string of the molecule is CCOC1CC(NC2CC(OCC)C23CCCC3)C1. The van der Waals surface area contributed by atoms with E-state index in [1.165, 1.54) is 44.9 Å². The van der Waals surface area contributed by atoms with E-state index in [9.17, 15) is 0 Å². The van der Waals surface area contributed by atoms with Crippen LogP contribution in [0.4, 0.5) is 0 Å². The fraction of sp³-hybridized carbons (Fsp3) is 1.00. The van der Waals surface area contributed by atoms with Gasteiger partial charge in [-0.1, -0.05) is 12.8 Å². The quantitative estimate of drug-likeness (QED) is 0.802. The summed E-state index contributed by atoms with van der Waals surface area (Å²) in [6, 6.07) is 1.40. The van der Waals surface area contributed by atoms with Gasteiger partial charge in [-0.05, 0) is 46.0 Å². The molecule has 3 aliphatic rings. The number of hydrogen-bond acceptors (Lipinski definition) is 3. The van der Waals surface area contributed by atoms with Crippen LogP contribution in [0.25, 0.3) is 0 Å². The van der Waals surface area contributed by atoms with Gasteiger partial charge < -0.3 is 14.8 Å². The summed E-state index contributed by atoms with van der Waals surface area (Å²) in [6.45, 7) is 5.95. The fourth-order valence-electron chi connectivity index (χ4n) is 4.48. The molecule has 0 saturated heterocycles. The molecule has 0 bridgehead atoms. The maximum Gasteiger partial charge on any atom is 0.0661 e. The Hall–Kier alpha value is -0.120. The number of ether oxygens (including phenoxy) is 2. The second-order valence-electron chi connectivity index (χ2n) is 6.58. The monoisotopic (exact) mass is 267 g/mol. The minimum Gasteiger partial charge on any atom is -0.378 e. The van der Waals surface area contributed by atoms with Gasteiger partial charge in [0, 0.05) is 30.7 Å². The van der Waals surface area contributed by atoms with Crippen LogP contribution in [0.5, 0.6) is 0 Å². The standard InChI is InChI=1S/C16H29NO2/c1-3-18-13-9-12(10-13)17-14-11-15(19-4-2)16(14)7-5-6-8-16/h12-15,17H,3-11H2,1-2H3. The summed E-state index contributed by atoms with van der Waals surface area (Å²) in [6.07, 6.45) is 10.2. The van der Waals surface area contributed by atoms with E-state index in [0.717, 1.165) is 13.2 Å². The van der Waals surface area contributed by atoms with Crippen molar-refractivity contribution in [3.63, 3.8) is 0 Å². The van der Waals surface area contributed by atoms with Gasteiger partial charge in [0.25, 0.3) is 0 Å². The number of hydrogen-bond donors (Lipinski definition) is 1. The fourth-order valence-corrected chi connectivity index (χ4v) is 4.48. The molecule has 3 rings (SSSR count). The first kappa shape index (κ1) is 13.8. The van der Waals surface area contributed by atoms with Crippen LogP contribution in [-0.4, -0.2) is 37.5 Å². The summed E-state index contributed by atoms with van der Waals surface area (Å²) in [5.74, 6) is 0. The van der Waals surface area contributed by atoms with Crippen LogP contribution < -0.4 is 5.32 Å². The van der Waals surface area contributed by atoms with Crippen molar-refractivity contribution in [2.75, 3.05) is 13.2 Å². The van der Waals surface area contributed by atoms with Crippen LogP contribution in [0, 0.1) is 5.41 Å². The molecule has 0 amide bonds. The van der Waals surface area contributed by atoms with E-state index in [2.05, 4.69) is 19.2 Å². The first-order chi connectivity index (χ1) is 9.28. The summed E-state index contributed by atoms with van der Waals surface area (Å²) < 4.78 is 11.6. The molecule has 0 aromatic carbocycles. The highest BCUT2D eigenvalue weighted by atomic mass is 16.5. The molecule has 0 radical (unpaired) electrons. The predicted molar refractivity (Wildman–Crippen MR) is 76.3 cm³/mol. The van der Waals surface area contributed by atoms with Crippen LogP contribution in [0.15, 0.2) is 0 Å². The smallest absolute Gasteiger partial charge is 0.0661 e. The first-order valence-electron chi connectivity index (χ1n) is 8.27. The maximum atomic E-state index is 5.97. The second kappa shape index (κ2) is 5.71. The highest BCUT2D eigenvalue weighted by Gasteiger charge is 2.57. The molecule has 2 atom stereocenters. The Morgan fingerprint density at radius 1 is 1.00 bits per heavy atom. The van der Waals surface area contributed by atoms with Crippen molar-refractivity contribution >= 4 is 0 Å². The zero-order valence-corrected chi connectivity index (χ0v) is 12.5. The van der Waals surface area contributed by atoms with E-state index in [1.54, 1.807) is 0 Å². The lowest BCUT2D eigenvalue weighted by Gasteiger charge is -2.56. The minimum absolute atomic E-state index is 0.479. The van der Waals surface area contributed by atoms with E-state index in [1.807, 2.05) is 0 Å². The largest absolute Gasteiger partial charge is 0.378 e. The molecule has 1 N–H and O–H groups in total. The molecule has 2 unspecified atom stereocenters. The molecule has 3 heteroatoms. The van der Waals surface area contributed by atoms with E-state index in [0.29, 0.717) is 29.7 Å². The predicted octanol–water partition coefficient (Wildman–Crippen LogP) is 2.88. The third-order valence-corrected chi connectivity index (χ3v) is 5.62. The highest BCUT2D eigenvalue weighted by Crippen LogP contribution is 2.55. The molecule has 0 aromatic rings. The summed E-state index contributed by atoms with van der Waals surface area (Å²) >= 11 is 0. The molecular weight excluding hydrogens is 238 g/mol. The molecule has 3 fully saturated rings. The van der Waals surface area contributed by atoms with Crippen molar-refractivity contribution in [2.24, 2.45) is 5.41 Å². The normalized spacial score (nSPS) is 40.1. The summed E-state index contributed by atoms with van der Waals surface area (Å²) in [5.41, 5.74) is 0.479. The van der Waals surface area contributed by atoms with Crippen LogP contribution >= 0.6 is 0 Å². The second-order valence-corrected chi connectivity index (χ2v) is 6.58. The highest BCUT2D eigenvalue weighted by molar-refractivity contribution is 5.11. The number of rotatable bonds is 6. The van der Waals surface area contributed by atoms with Crippen molar-refractivity contribution in [2.45, 2.75) is 83.1 Å². The molecule has 0 heterocycles. The van der Waals surface area contributed by atoms with Crippen molar-refractivity contribution in [3.8, 4) is 0 Å². The van der Waals surface area contributed by atoms with Gasteiger partial charge in [-0.3, -0.25) is 0 Å². The molecule has 0 aliphatic heterocycles. The molecule has 19 heavy (non-hydrogen) atoms. The lowest BCUT2D eigenvalue weighted by molar-refractivity contribution is -0.138. The van der Waals surface area contributed by atoms with Crippen molar-refractivity contribution in [1.82, 2.24) is 5.32 Å². The summed E-state index contributed by atoms with van der Waals surface area (Å²) in [4.78, 5) is 0. The van der Waals surface area contributed by atoms with Gasteiger partial charge in [0.05, 0.1) is 12.2 Å². The van der Waals surface area contributed by atoms with E-state index in [4.69, 9.17) is 9.47 Å². The maximum absolute atomic E-state index is 5.97. The summed E-state index contributed by atoms with van der Waals surface area (Å²) in [7, 11) is 0. The van der Waals surface area contributed by atoms with Crippen molar-refractivity contribution in [1.29, 1.82) is 0 Å². The van der Waals surface area contributed by atoms with E-state index >= 15 is 0 Å². The minimum atomic E-state index is 0.479. The van der Waals surface area contributed by atoms with Crippen LogP contribution in [-0.2, 0) is 9.47 Å². The van der Waals surface area contributed by atoms with Crippen LogP contribution in [0.2, 0.25) is 0 Å². The Balaban J connectivity index is 1.49. The lowest BCUT2D eigenvalue weighted by atomic mass is 9.60. The molecule has 3 saturated carbocycles. The molecule has 0 aromatic heterocycles. The molecular formula is C16H29NO2. The van der Waals surface area contributed by atoms with E-state index in [-0.39, 0.29) is 0 Å². The van der Waals surface area contributed by atoms with Gasteiger partial charge in [-0.2, -0.15) is 0 Å². The Morgan fingerprint density at radius 2 is 1.68 bits per heavy atom. The zero-order chi connectivity index (χ0) is 13.3. The molecule has 3 aliphatic carbocycles. The Morgan fingerprint density at radius 3 is 2.32 bits per heavy atom. The lowest BCUT2D eigenvalue weighted by Crippen LogP contribution is -2.66. The topological polar surface area (TPSA) is 30.5 Å². The van der Waals surface area contributed by atoms with Gasteiger partial charge in [-0.15, -0.1) is 0 Å². The third kappa shape index (κ3) is 2.45. The molecule has 1 spiro atoms. The van der Waals surface area contributed by atoms with Gasteiger partial charge >= 0.3 is 0 Å². The van der Waals surface area contributed by atoms with Crippen LogP contribution in [0.1, 0.15) is 58.8 Å². The third-order valence-electron chi connectivity index (χ3n) is 5.62. The van der Waals surface area contributed by atoms with Gasteiger partial charge in [0.2, 0.25) is 0 Å². The zero-order valence-electron chi connectivity index (χ0n) is 12.5. The molecule has 3 nitrogen and oxygen atoms in total. The first-order valence-corrected chi connectivity index (χ1v) is 8.27. The average molecular weight is 267 g/mol. The van der Waals surface area contributed by atoms with Gasteiger partial charge in [0.1, 0.15) is 0 Å². The summed E-state index contributed by atoms with van der Waals surface area (Å²) in [5, 5.41) is 3.90. The Bertz CT molecular complexity index is 295. The average Bonchev–Trinajstić information content (AvgIpc) is 2.86. The van der Waals surface area contributed by atoms with E-state index < -0.39 is 0 Å². The van der Waals surface area contributed by atoms with Crippen LogP contribution in [0.3, 0.4) is 0 Å². The van der Waals surface area contributed by atoms with Crippen molar-refractivity contribution in [3.05, 3.63) is 0 Å².